The van der Waals surface area contributed by atoms with Crippen molar-refractivity contribution >= 4 is 39.1 Å². The van der Waals surface area contributed by atoms with Crippen LogP contribution < -0.4 is 0 Å². The van der Waals surface area contributed by atoms with Crippen molar-refractivity contribution in [3.8, 4) is 11.1 Å². The van der Waals surface area contributed by atoms with Crippen LogP contribution in [0.3, 0.4) is 0 Å². The molecular weight excluding hydrogens is 351 g/mol. The van der Waals surface area contributed by atoms with Crippen LogP contribution in [0.25, 0.3) is 11.1 Å². The van der Waals surface area contributed by atoms with Gasteiger partial charge in [-0.05, 0) is 13.0 Å². The molecule has 0 unspecified atom stereocenters. The minimum absolute atomic E-state index is 0.298. The first-order valence-electron chi connectivity index (χ1n) is 5.68. The number of benzene rings is 1. The summed E-state index contributed by atoms with van der Waals surface area (Å²) in [5.74, 6) is 0.479. The molecule has 0 amide bonds. The normalized spacial score (nSPS) is 10.7. The molecule has 2 rings (SSSR count). The molecule has 0 spiro atoms. The summed E-state index contributed by atoms with van der Waals surface area (Å²) in [7, 11) is 0. The number of aromatic nitrogens is 2. The van der Waals surface area contributed by atoms with E-state index in [4.69, 9.17) is 27.9 Å². The number of nitrogens with zero attached hydrogens (tertiary/aromatic N) is 2. The Kier molecular flexibility index (Phi) is 5.16. The second-order valence-electron chi connectivity index (χ2n) is 3.71. The summed E-state index contributed by atoms with van der Waals surface area (Å²) in [6.45, 7) is 2.79. The molecule has 3 nitrogen and oxygen atoms in total. The van der Waals surface area contributed by atoms with E-state index in [0.29, 0.717) is 34.9 Å². The number of hydrogen-bond acceptors (Lipinski definition) is 3. The Labute approximate surface area is 130 Å². The summed E-state index contributed by atoms with van der Waals surface area (Å²) in [5.41, 5.74) is 1.48. The molecule has 0 aliphatic carbocycles. The van der Waals surface area contributed by atoms with Crippen molar-refractivity contribution in [3.05, 3.63) is 44.9 Å². The van der Waals surface area contributed by atoms with E-state index in [-0.39, 0.29) is 0 Å². The number of hydrogen-bond donors (Lipinski definition) is 0. The highest BCUT2D eigenvalue weighted by atomic mass is 79.9. The molecule has 0 aliphatic heterocycles. The van der Waals surface area contributed by atoms with E-state index in [9.17, 15) is 0 Å². The van der Waals surface area contributed by atoms with Crippen molar-refractivity contribution in [2.75, 3.05) is 6.61 Å². The molecular formula is C13H11BrCl2N2O. The number of ether oxygens (including phenoxy) is 1. The van der Waals surface area contributed by atoms with Gasteiger partial charge in [0.2, 0.25) is 0 Å². The van der Waals surface area contributed by atoms with Crippen LogP contribution in [-0.2, 0) is 11.3 Å². The zero-order chi connectivity index (χ0) is 13.8. The highest BCUT2D eigenvalue weighted by Gasteiger charge is 2.15. The van der Waals surface area contributed by atoms with E-state index < -0.39 is 0 Å². The molecule has 0 radical (unpaired) electrons. The van der Waals surface area contributed by atoms with Crippen molar-refractivity contribution in [2.24, 2.45) is 0 Å². The van der Waals surface area contributed by atoms with Gasteiger partial charge in [-0.1, -0.05) is 57.3 Å². The summed E-state index contributed by atoms with van der Waals surface area (Å²) in [5, 5.41) is 0.642. The van der Waals surface area contributed by atoms with E-state index in [1.165, 1.54) is 0 Å². The Morgan fingerprint density at radius 2 is 1.79 bits per heavy atom. The van der Waals surface area contributed by atoms with Crippen LogP contribution in [-0.4, -0.2) is 16.6 Å². The van der Waals surface area contributed by atoms with Crippen molar-refractivity contribution in [2.45, 2.75) is 13.5 Å². The van der Waals surface area contributed by atoms with Gasteiger partial charge in [-0.3, -0.25) is 0 Å². The number of rotatable bonds is 4. The van der Waals surface area contributed by atoms with E-state index in [0.717, 1.165) is 10.0 Å². The zero-order valence-electron chi connectivity index (χ0n) is 10.2. The first-order valence-corrected chi connectivity index (χ1v) is 7.23. The topological polar surface area (TPSA) is 35.0 Å². The van der Waals surface area contributed by atoms with Crippen LogP contribution in [0.2, 0.25) is 10.3 Å². The van der Waals surface area contributed by atoms with Crippen LogP contribution in [0.1, 0.15) is 12.7 Å². The molecule has 0 saturated carbocycles. The van der Waals surface area contributed by atoms with Crippen molar-refractivity contribution in [3.63, 3.8) is 0 Å². The quantitative estimate of drug-likeness (QED) is 0.737. The maximum atomic E-state index is 6.21. The lowest BCUT2D eigenvalue weighted by Gasteiger charge is -2.10. The van der Waals surface area contributed by atoms with Gasteiger partial charge in [0.15, 0.2) is 5.82 Å². The lowest BCUT2D eigenvalue weighted by atomic mass is 10.1. The van der Waals surface area contributed by atoms with Crippen LogP contribution in [0.4, 0.5) is 0 Å². The molecule has 2 aromatic rings. The molecule has 0 fully saturated rings. The molecule has 1 heterocycles. The van der Waals surface area contributed by atoms with Crippen LogP contribution >= 0.6 is 39.1 Å². The summed E-state index contributed by atoms with van der Waals surface area (Å²) in [6, 6.07) is 7.64. The highest BCUT2D eigenvalue weighted by molar-refractivity contribution is 9.10. The van der Waals surface area contributed by atoms with Crippen molar-refractivity contribution in [1.82, 2.24) is 9.97 Å². The van der Waals surface area contributed by atoms with Crippen molar-refractivity contribution < 1.29 is 4.74 Å². The van der Waals surface area contributed by atoms with Crippen LogP contribution in [0.5, 0.6) is 0 Å². The van der Waals surface area contributed by atoms with Gasteiger partial charge in [-0.25, -0.2) is 9.97 Å². The molecule has 0 N–H and O–H groups in total. The third-order valence-electron chi connectivity index (χ3n) is 2.45. The van der Waals surface area contributed by atoms with Gasteiger partial charge in [0.1, 0.15) is 16.9 Å². The SMILES string of the molecule is CCOCc1nc(Cl)c(-c2ccccc2Br)c(Cl)n1. The zero-order valence-corrected chi connectivity index (χ0v) is 13.3. The number of halogens is 3. The predicted molar refractivity (Wildman–Crippen MR) is 80.5 cm³/mol. The van der Waals surface area contributed by atoms with Gasteiger partial charge in [-0.2, -0.15) is 0 Å². The molecule has 6 heteroatoms. The minimum Gasteiger partial charge on any atom is -0.374 e. The largest absolute Gasteiger partial charge is 0.374 e. The summed E-state index contributed by atoms with van der Waals surface area (Å²) >= 11 is 15.9. The lowest BCUT2D eigenvalue weighted by molar-refractivity contribution is 0.128. The Morgan fingerprint density at radius 3 is 2.37 bits per heavy atom. The van der Waals surface area contributed by atoms with E-state index in [1.807, 2.05) is 31.2 Å². The van der Waals surface area contributed by atoms with Gasteiger partial charge >= 0.3 is 0 Å². The molecule has 19 heavy (non-hydrogen) atoms. The average Bonchev–Trinajstić information content (AvgIpc) is 2.38. The summed E-state index contributed by atoms with van der Waals surface area (Å²) in [6.07, 6.45) is 0. The van der Waals surface area contributed by atoms with E-state index in [2.05, 4.69) is 25.9 Å². The Bertz CT molecular complexity index is 570. The van der Waals surface area contributed by atoms with Gasteiger partial charge in [0.25, 0.3) is 0 Å². The fraction of sp³-hybridized carbons (Fsp3) is 0.231. The molecule has 1 aromatic carbocycles. The third kappa shape index (κ3) is 3.45. The van der Waals surface area contributed by atoms with Crippen LogP contribution in [0, 0.1) is 0 Å². The molecule has 0 bridgehead atoms. The molecule has 0 atom stereocenters. The highest BCUT2D eigenvalue weighted by Crippen LogP contribution is 2.36. The molecule has 100 valence electrons. The maximum absolute atomic E-state index is 6.21. The second-order valence-corrected chi connectivity index (χ2v) is 5.28. The smallest absolute Gasteiger partial charge is 0.157 e. The Hall–Kier alpha value is -0.680. The summed E-state index contributed by atoms with van der Waals surface area (Å²) in [4.78, 5) is 8.43. The first kappa shape index (κ1) is 14.7. The molecule has 1 aromatic heterocycles. The van der Waals surface area contributed by atoms with Crippen molar-refractivity contribution in [1.29, 1.82) is 0 Å². The van der Waals surface area contributed by atoms with Gasteiger partial charge in [0.05, 0.1) is 5.56 Å². The fourth-order valence-corrected chi connectivity index (χ4v) is 2.70. The van der Waals surface area contributed by atoms with E-state index >= 15 is 0 Å². The van der Waals surface area contributed by atoms with Gasteiger partial charge in [0, 0.05) is 16.6 Å². The molecule has 0 saturated heterocycles. The fourth-order valence-electron chi connectivity index (χ4n) is 1.59. The average molecular weight is 362 g/mol. The Morgan fingerprint density at radius 1 is 1.16 bits per heavy atom. The lowest BCUT2D eigenvalue weighted by Crippen LogP contribution is -2.01. The Balaban J connectivity index is 2.45. The first-order chi connectivity index (χ1) is 9.13. The second kappa shape index (κ2) is 6.66. The standard InChI is InChI=1S/C13H11BrCl2N2O/c1-2-19-7-10-17-12(15)11(13(16)18-10)8-5-3-4-6-9(8)14/h3-6H,2,7H2,1H3. The van der Waals surface area contributed by atoms with Gasteiger partial charge in [-0.15, -0.1) is 0 Å². The third-order valence-corrected chi connectivity index (χ3v) is 3.68. The molecule has 0 aliphatic rings. The van der Waals surface area contributed by atoms with E-state index in [1.54, 1.807) is 0 Å². The summed E-state index contributed by atoms with van der Waals surface area (Å²) < 4.78 is 6.14. The predicted octanol–water partition coefficient (Wildman–Crippen LogP) is 4.75. The van der Waals surface area contributed by atoms with Gasteiger partial charge < -0.3 is 4.74 Å². The maximum Gasteiger partial charge on any atom is 0.157 e. The minimum atomic E-state index is 0.298. The monoisotopic (exact) mass is 360 g/mol. The van der Waals surface area contributed by atoms with Crippen LogP contribution in [0.15, 0.2) is 28.7 Å².